The standard InChI is InChI=1S/C18H11BrN4O2/c19-11-6-8-14-12(9-11)16(18(25)21-14)22-23-17(24)15-7-5-10-3-1-2-4-13(10)20-15/h1-9,21,25H. The Morgan fingerprint density at radius 2 is 1.96 bits per heavy atom. The van der Waals surface area contributed by atoms with E-state index in [1.165, 1.54) is 0 Å². The number of aromatic nitrogens is 2. The highest BCUT2D eigenvalue weighted by atomic mass is 79.9. The van der Waals surface area contributed by atoms with Crippen molar-refractivity contribution >= 4 is 49.3 Å². The highest BCUT2D eigenvalue weighted by Crippen LogP contribution is 2.36. The van der Waals surface area contributed by atoms with Crippen molar-refractivity contribution in [2.75, 3.05) is 0 Å². The number of carbonyl (C=O) groups excluding carboxylic acids is 1. The topological polar surface area (TPSA) is 90.7 Å². The first kappa shape index (κ1) is 15.5. The number of aromatic hydroxyl groups is 1. The number of amides is 1. The van der Waals surface area contributed by atoms with Crippen LogP contribution in [-0.2, 0) is 0 Å². The molecular formula is C18H11BrN4O2. The summed E-state index contributed by atoms with van der Waals surface area (Å²) in [5.74, 6) is -0.717. The van der Waals surface area contributed by atoms with Crippen LogP contribution in [0.4, 0.5) is 5.69 Å². The van der Waals surface area contributed by atoms with Gasteiger partial charge in [0.2, 0.25) is 5.88 Å². The first-order valence-corrected chi connectivity index (χ1v) is 8.23. The van der Waals surface area contributed by atoms with Gasteiger partial charge in [-0.2, -0.15) is 0 Å². The van der Waals surface area contributed by atoms with Gasteiger partial charge in [0.05, 0.1) is 11.0 Å². The molecule has 0 unspecified atom stereocenters. The van der Waals surface area contributed by atoms with Crippen LogP contribution in [-0.4, -0.2) is 21.0 Å². The zero-order valence-electron chi connectivity index (χ0n) is 12.8. The van der Waals surface area contributed by atoms with Crippen molar-refractivity contribution in [3.8, 4) is 5.88 Å². The van der Waals surface area contributed by atoms with Crippen LogP contribution >= 0.6 is 15.9 Å². The number of hydrogen-bond donors (Lipinski definition) is 2. The molecule has 2 aromatic heterocycles. The minimum Gasteiger partial charge on any atom is -0.493 e. The third-order valence-electron chi connectivity index (χ3n) is 3.77. The van der Waals surface area contributed by atoms with Crippen LogP contribution in [0.25, 0.3) is 21.8 Å². The molecule has 7 heteroatoms. The monoisotopic (exact) mass is 394 g/mol. The first-order valence-electron chi connectivity index (χ1n) is 7.44. The molecule has 25 heavy (non-hydrogen) atoms. The second-order valence-electron chi connectivity index (χ2n) is 5.41. The summed E-state index contributed by atoms with van der Waals surface area (Å²) >= 11 is 3.37. The fourth-order valence-corrected chi connectivity index (χ4v) is 2.93. The lowest BCUT2D eigenvalue weighted by Gasteiger charge is -1.98. The SMILES string of the molecule is O=C(N=Nc1c(O)[nH]c2ccc(Br)cc12)c1ccc2ccccc2n1. The van der Waals surface area contributed by atoms with E-state index in [1.54, 1.807) is 18.2 Å². The second-order valence-corrected chi connectivity index (χ2v) is 6.32. The van der Waals surface area contributed by atoms with E-state index in [9.17, 15) is 9.90 Å². The van der Waals surface area contributed by atoms with Gasteiger partial charge in [-0.25, -0.2) is 4.98 Å². The molecule has 4 aromatic rings. The molecule has 0 saturated heterocycles. The highest BCUT2D eigenvalue weighted by molar-refractivity contribution is 9.10. The van der Waals surface area contributed by atoms with E-state index in [2.05, 4.69) is 36.1 Å². The van der Waals surface area contributed by atoms with Gasteiger partial charge < -0.3 is 10.1 Å². The molecule has 2 aromatic carbocycles. The van der Waals surface area contributed by atoms with Crippen molar-refractivity contribution < 1.29 is 9.90 Å². The molecule has 1 amide bonds. The first-order chi connectivity index (χ1) is 12.1. The fourth-order valence-electron chi connectivity index (χ4n) is 2.57. The average molecular weight is 395 g/mol. The summed E-state index contributed by atoms with van der Waals surface area (Å²) in [4.78, 5) is 19.4. The number of rotatable bonds is 2. The molecule has 122 valence electrons. The zero-order valence-corrected chi connectivity index (χ0v) is 14.4. The van der Waals surface area contributed by atoms with Crippen LogP contribution in [0.1, 0.15) is 10.5 Å². The number of hydrogen-bond acceptors (Lipinski definition) is 4. The molecule has 2 heterocycles. The molecule has 6 nitrogen and oxygen atoms in total. The maximum Gasteiger partial charge on any atom is 0.313 e. The number of azo groups is 1. The number of nitrogens with zero attached hydrogens (tertiary/aromatic N) is 3. The van der Waals surface area contributed by atoms with Crippen molar-refractivity contribution in [3.05, 3.63) is 64.8 Å². The van der Waals surface area contributed by atoms with Crippen molar-refractivity contribution in [2.45, 2.75) is 0 Å². The van der Waals surface area contributed by atoms with Gasteiger partial charge in [0.1, 0.15) is 5.69 Å². The summed E-state index contributed by atoms with van der Waals surface area (Å²) in [6, 6.07) is 16.3. The van der Waals surface area contributed by atoms with Crippen molar-refractivity contribution in [2.24, 2.45) is 10.2 Å². The van der Waals surface area contributed by atoms with Gasteiger partial charge in [0.15, 0.2) is 5.69 Å². The number of nitrogens with one attached hydrogen (secondary N) is 1. The molecule has 0 atom stereocenters. The number of para-hydroxylation sites is 1. The van der Waals surface area contributed by atoms with E-state index in [1.807, 2.05) is 36.4 Å². The summed E-state index contributed by atoms with van der Waals surface area (Å²) in [6.07, 6.45) is 0. The molecule has 0 aliphatic heterocycles. The highest BCUT2D eigenvalue weighted by Gasteiger charge is 2.12. The summed E-state index contributed by atoms with van der Waals surface area (Å²) in [6.45, 7) is 0. The Morgan fingerprint density at radius 3 is 2.84 bits per heavy atom. The van der Waals surface area contributed by atoms with Crippen LogP contribution < -0.4 is 0 Å². The average Bonchev–Trinajstić information content (AvgIpc) is 2.93. The maximum absolute atomic E-state index is 12.3. The zero-order chi connectivity index (χ0) is 17.4. The minimum atomic E-state index is -0.575. The Bertz CT molecular complexity index is 1150. The van der Waals surface area contributed by atoms with Crippen LogP contribution in [0.15, 0.2) is 69.3 Å². The lowest BCUT2D eigenvalue weighted by Crippen LogP contribution is -1.97. The van der Waals surface area contributed by atoms with Gasteiger partial charge in [-0.05, 0) is 30.3 Å². The van der Waals surface area contributed by atoms with Crippen molar-refractivity contribution in [3.63, 3.8) is 0 Å². The van der Waals surface area contributed by atoms with Gasteiger partial charge in [-0.3, -0.25) is 4.79 Å². The smallest absolute Gasteiger partial charge is 0.313 e. The summed E-state index contributed by atoms with van der Waals surface area (Å²) in [7, 11) is 0. The number of pyridine rings is 1. The molecule has 4 rings (SSSR count). The lowest BCUT2D eigenvalue weighted by atomic mass is 10.2. The second kappa shape index (κ2) is 6.10. The van der Waals surface area contributed by atoms with E-state index in [0.717, 1.165) is 9.86 Å². The minimum absolute atomic E-state index is 0.142. The normalized spacial score (nSPS) is 11.6. The maximum atomic E-state index is 12.3. The number of carbonyl (C=O) groups is 1. The Kier molecular flexibility index (Phi) is 3.77. The van der Waals surface area contributed by atoms with Gasteiger partial charge in [-0.1, -0.05) is 40.2 Å². The molecule has 0 bridgehead atoms. The fraction of sp³-hybridized carbons (Fsp3) is 0. The van der Waals surface area contributed by atoms with Crippen LogP contribution in [0.3, 0.4) is 0 Å². The number of aromatic amines is 1. The molecule has 0 aliphatic rings. The Morgan fingerprint density at radius 1 is 1.12 bits per heavy atom. The molecule has 0 radical (unpaired) electrons. The van der Waals surface area contributed by atoms with Crippen LogP contribution in [0, 0.1) is 0 Å². The molecule has 0 aliphatic carbocycles. The van der Waals surface area contributed by atoms with Gasteiger partial charge in [0, 0.05) is 15.2 Å². The molecule has 2 N–H and O–H groups in total. The summed E-state index contributed by atoms with van der Waals surface area (Å²) in [5, 5.41) is 19.2. The van der Waals surface area contributed by atoms with Gasteiger partial charge in [-0.15, -0.1) is 10.2 Å². The number of benzene rings is 2. The summed E-state index contributed by atoms with van der Waals surface area (Å²) < 4.78 is 0.831. The molecule has 0 saturated carbocycles. The molecule has 0 fully saturated rings. The van der Waals surface area contributed by atoms with E-state index >= 15 is 0 Å². The lowest BCUT2D eigenvalue weighted by molar-refractivity contribution is 0.0990. The predicted octanol–water partition coefficient (Wildman–Crippen LogP) is 5.11. The van der Waals surface area contributed by atoms with E-state index in [0.29, 0.717) is 16.4 Å². The van der Waals surface area contributed by atoms with E-state index in [4.69, 9.17) is 0 Å². The molecule has 0 spiro atoms. The Labute approximate surface area is 150 Å². The quantitative estimate of drug-likeness (QED) is 0.462. The van der Waals surface area contributed by atoms with Gasteiger partial charge in [0.25, 0.3) is 0 Å². The Hall–Kier alpha value is -3.06. The summed E-state index contributed by atoms with van der Waals surface area (Å²) in [5.41, 5.74) is 1.82. The van der Waals surface area contributed by atoms with Crippen molar-refractivity contribution in [1.82, 2.24) is 9.97 Å². The van der Waals surface area contributed by atoms with E-state index in [-0.39, 0.29) is 17.3 Å². The number of fused-ring (bicyclic) bond motifs is 2. The largest absolute Gasteiger partial charge is 0.493 e. The van der Waals surface area contributed by atoms with Crippen molar-refractivity contribution in [1.29, 1.82) is 0 Å². The third kappa shape index (κ3) is 2.89. The number of H-pyrrole nitrogens is 1. The van der Waals surface area contributed by atoms with E-state index < -0.39 is 5.91 Å². The van der Waals surface area contributed by atoms with Crippen LogP contribution in [0.2, 0.25) is 0 Å². The third-order valence-corrected chi connectivity index (χ3v) is 4.27. The molecular weight excluding hydrogens is 384 g/mol. The van der Waals surface area contributed by atoms with Gasteiger partial charge >= 0.3 is 5.91 Å². The predicted molar refractivity (Wildman–Crippen MR) is 98.3 cm³/mol. The van der Waals surface area contributed by atoms with Crippen LogP contribution in [0.5, 0.6) is 5.88 Å². The Balaban J connectivity index is 1.70. The number of halogens is 1.